The minimum absolute atomic E-state index is 0.163. The smallest absolute Gasteiger partial charge is 0.254 e. The van der Waals surface area contributed by atoms with Gasteiger partial charge in [-0.1, -0.05) is 23.7 Å². The Hall–Kier alpha value is -2.73. The largest absolute Gasteiger partial charge is 0.345 e. The summed E-state index contributed by atoms with van der Waals surface area (Å²) in [7, 11) is 0. The van der Waals surface area contributed by atoms with Crippen molar-refractivity contribution in [3.8, 4) is 5.69 Å². The van der Waals surface area contributed by atoms with Gasteiger partial charge in [0.05, 0.1) is 17.3 Å². The Balaban J connectivity index is 1.72. The number of carbonyl (C=O) groups excluding carboxylic acids is 1. The topological polar surface area (TPSA) is 72.7 Å². The van der Waals surface area contributed by atoms with E-state index < -0.39 is 0 Å². The highest BCUT2D eigenvalue weighted by molar-refractivity contribution is 6.32. The lowest BCUT2D eigenvalue weighted by Crippen LogP contribution is -2.27. The molecule has 0 aliphatic rings. The minimum Gasteiger partial charge on any atom is -0.345 e. The van der Waals surface area contributed by atoms with Crippen LogP contribution < -0.4 is 5.32 Å². The summed E-state index contributed by atoms with van der Waals surface area (Å²) in [6.07, 6.45) is 4.66. The Morgan fingerprint density at radius 1 is 1.26 bits per heavy atom. The zero-order chi connectivity index (χ0) is 16.2. The molecule has 3 aromatic rings. The molecule has 0 saturated heterocycles. The maximum atomic E-state index is 12.2. The van der Waals surface area contributed by atoms with E-state index in [2.05, 4.69) is 20.4 Å². The summed E-state index contributed by atoms with van der Waals surface area (Å²) in [6.45, 7) is 1.91. The number of hydrogen-bond acceptors (Lipinski definition) is 4. The molecule has 116 valence electrons. The maximum Gasteiger partial charge on any atom is 0.254 e. The number of benzene rings is 1. The van der Waals surface area contributed by atoms with Crippen LogP contribution >= 0.6 is 11.6 Å². The Morgan fingerprint density at radius 3 is 2.70 bits per heavy atom. The number of amides is 1. The van der Waals surface area contributed by atoms with Crippen molar-refractivity contribution in [2.24, 2.45) is 0 Å². The molecule has 1 atom stereocenters. The first-order valence-electron chi connectivity index (χ1n) is 7.01. The lowest BCUT2D eigenvalue weighted by atomic mass is 10.1. The van der Waals surface area contributed by atoms with Crippen LogP contribution in [0.1, 0.15) is 28.9 Å². The fraction of sp³-hybridized carbons (Fsp3) is 0.125. The highest BCUT2D eigenvalue weighted by Gasteiger charge is 2.14. The molecule has 1 aromatic carbocycles. The number of nitrogens with zero attached hydrogens (tertiary/aromatic N) is 4. The lowest BCUT2D eigenvalue weighted by molar-refractivity contribution is 0.0939. The number of aromatic nitrogens is 4. The summed E-state index contributed by atoms with van der Waals surface area (Å²) >= 11 is 5.94. The second-order valence-electron chi connectivity index (χ2n) is 4.97. The fourth-order valence-electron chi connectivity index (χ4n) is 2.17. The zero-order valence-electron chi connectivity index (χ0n) is 12.3. The third-order valence-electron chi connectivity index (χ3n) is 3.43. The van der Waals surface area contributed by atoms with E-state index in [0.29, 0.717) is 5.56 Å². The number of halogens is 1. The van der Waals surface area contributed by atoms with Crippen LogP contribution in [-0.2, 0) is 0 Å². The van der Waals surface area contributed by atoms with Gasteiger partial charge >= 0.3 is 0 Å². The average molecular weight is 328 g/mol. The quantitative estimate of drug-likeness (QED) is 0.748. The first-order valence-corrected chi connectivity index (χ1v) is 7.39. The molecule has 6 nitrogen and oxygen atoms in total. The van der Waals surface area contributed by atoms with Gasteiger partial charge in [-0.3, -0.25) is 4.79 Å². The molecule has 23 heavy (non-hydrogen) atoms. The van der Waals surface area contributed by atoms with E-state index in [1.54, 1.807) is 29.3 Å². The van der Waals surface area contributed by atoms with Crippen LogP contribution in [0.5, 0.6) is 0 Å². The van der Waals surface area contributed by atoms with Crippen molar-refractivity contribution >= 4 is 17.5 Å². The van der Waals surface area contributed by atoms with Crippen LogP contribution in [0.15, 0.2) is 55.2 Å². The molecular formula is C16H14ClN5O. The van der Waals surface area contributed by atoms with E-state index in [-0.39, 0.29) is 17.1 Å². The molecule has 0 saturated carbocycles. The Bertz CT molecular complexity index is 802. The summed E-state index contributed by atoms with van der Waals surface area (Å²) in [6, 6.07) is 10.9. The van der Waals surface area contributed by atoms with Gasteiger partial charge in [-0.15, -0.1) is 0 Å². The molecule has 0 fully saturated rings. The number of carbonyl (C=O) groups is 1. The summed E-state index contributed by atoms with van der Waals surface area (Å²) in [4.78, 5) is 20.1. The Kier molecular flexibility index (Phi) is 4.34. The second-order valence-corrected chi connectivity index (χ2v) is 5.33. The molecule has 0 aliphatic heterocycles. The summed E-state index contributed by atoms with van der Waals surface area (Å²) in [5, 5.41) is 7.18. The maximum absolute atomic E-state index is 12.2. The van der Waals surface area contributed by atoms with Crippen molar-refractivity contribution in [2.75, 3.05) is 0 Å². The van der Waals surface area contributed by atoms with E-state index in [1.807, 2.05) is 31.2 Å². The third-order valence-corrected chi connectivity index (χ3v) is 3.73. The van der Waals surface area contributed by atoms with Gasteiger partial charge in [0.2, 0.25) is 0 Å². The normalized spacial score (nSPS) is 11.9. The van der Waals surface area contributed by atoms with Gasteiger partial charge in [0.25, 0.3) is 5.91 Å². The first-order chi connectivity index (χ1) is 11.1. The fourth-order valence-corrected chi connectivity index (χ4v) is 2.38. The second kappa shape index (κ2) is 6.58. The molecule has 1 N–H and O–H groups in total. The van der Waals surface area contributed by atoms with E-state index in [4.69, 9.17) is 11.6 Å². The van der Waals surface area contributed by atoms with E-state index in [0.717, 1.165) is 11.3 Å². The van der Waals surface area contributed by atoms with Crippen LogP contribution in [0, 0.1) is 0 Å². The number of nitrogens with one attached hydrogen (secondary N) is 1. The predicted molar refractivity (Wildman–Crippen MR) is 86.5 cm³/mol. The van der Waals surface area contributed by atoms with Gasteiger partial charge in [0.1, 0.15) is 17.8 Å². The van der Waals surface area contributed by atoms with Crippen LogP contribution in [0.2, 0.25) is 5.15 Å². The van der Waals surface area contributed by atoms with Crippen molar-refractivity contribution in [3.05, 3.63) is 71.5 Å². The van der Waals surface area contributed by atoms with Gasteiger partial charge < -0.3 is 5.32 Å². The van der Waals surface area contributed by atoms with Gasteiger partial charge in [-0.05, 0) is 36.8 Å². The molecule has 0 radical (unpaired) electrons. The average Bonchev–Trinajstić information content (AvgIpc) is 3.09. The Labute approximate surface area is 138 Å². The van der Waals surface area contributed by atoms with E-state index >= 15 is 0 Å². The molecule has 7 heteroatoms. The van der Waals surface area contributed by atoms with Crippen molar-refractivity contribution in [1.29, 1.82) is 0 Å². The van der Waals surface area contributed by atoms with Gasteiger partial charge in [0.15, 0.2) is 0 Å². The van der Waals surface area contributed by atoms with Gasteiger partial charge in [0, 0.05) is 6.20 Å². The van der Waals surface area contributed by atoms with Crippen LogP contribution in [0.4, 0.5) is 0 Å². The van der Waals surface area contributed by atoms with Crippen LogP contribution in [0.25, 0.3) is 5.69 Å². The van der Waals surface area contributed by atoms with Gasteiger partial charge in [-0.25, -0.2) is 14.6 Å². The summed E-state index contributed by atoms with van der Waals surface area (Å²) in [5.41, 5.74) is 2.24. The molecule has 3 rings (SSSR count). The van der Waals surface area contributed by atoms with Crippen molar-refractivity contribution < 1.29 is 4.79 Å². The van der Waals surface area contributed by atoms with Gasteiger partial charge in [-0.2, -0.15) is 5.10 Å². The molecule has 2 heterocycles. The number of rotatable bonds is 4. The number of hydrogen-bond donors (Lipinski definition) is 1. The SMILES string of the molecule is C[C@H](NC(=O)c1cccnc1Cl)c1ccc(-n2cncn2)cc1. The molecular weight excluding hydrogens is 314 g/mol. The molecule has 0 bridgehead atoms. The molecule has 0 spiro atoms. The highest BCUT2D eigenvalue weighted by atomic mass is 35.5. The predicted octanol–water partition coefficient (Wildman–Crippen LogP) is 2.81. The van der Waals surface area contributed by atoms with Crippen molar-refractivity contribution in [1.82, 2.24) is 25.1 Å². The molecule has 1 amide bonds. The summed E-state index contributed by atoms with van der Waals surface area (Å²) in [5.74, 6) is -0.254. The van der Waals surface area contributed by atoms with Crippen LogP contribution in [-0.4, -0.2) is 25.7 Å². The molecule has 2 aromatic heterocycles. The highest BCUT2D eigenvalue weighted by Crippen LogP contribution is 2.17. The Morgan fingerprint density at radius 2 is 2.04 bits per heavy atom. The monoisotopic (exact) mass is 327 g/mol. The standard InChI is InChI=1S/C16H14ClN5O/c1-11(21-16(23)14-3-2-8-19-15(14)17)12-4-6-13(7-5-12)22-10-18-9-20-22/h2-11H,1H3,(H,21,23)/t11-/m0/s1. The molecule has 0 aliphatic carbocycles. The minimum atomic E-state index is -0.254. The van der Waals surface area contributed by atoms with E-state index in [1.165, 1.54) is 6.33 Å². The van der Waals surface area contributed by atoms with Crippen molar-refractivity contribution in [2.45, 2.75) is 13.0 Å². The number of pyridine rings is 1. The van der Waals surface area contributed by atoms with Crippen LogP contribution in [0.3, 0.4) is 0 Å². The third kappa shape index (κ3) is 3.37. The lowest BCUT2D eigenvalue weighted by Gasteiger charge is -2.15. The zero-order valence-corrected chi connectivity index (χ0v) is 13.1. The first kappa shape index (κ1) is 15.2. The van der Waals surface area contributed by atoms with E-state index in [9.17, 15) is 4.79 Å². The van der Waals surface area contributed by atoms with Crippen molar-refractivity contribution in [3.63, 3.8) is 0 Å². The summed E-state index contributed by atoms with van der Waals surface area (Å²) < 4.78 is 1.67. The molecule has 0 unspecified atom stereocenters.